The lowest BCUT2D eigenvalue weighted by atomic mass is 10.2. The maximum absolute atomic E-state index is 12.1. The molecule has 0 saturated heterocycles. The van der Waals surface area contributed by atoms with Crippen molar-refractivity contribution in [2.45, 2.75) is 0 Å². The zero-order valence-electron chi connectivity index (χ0n) is 14.0. The summed E-state index contributed by atoms with van der Waals surface area (Å²) in [6, 6.07) is 14.8. The number of rotatable bonds is 3. The van der Waals surface area contributed by atoms with Gasteiger partial charge in [-0.15, -0.1) is 22.7 Å². The van der Waals surface area contributed by atoms with Gasteiger partial charge >= 0.3 is 0 Å². The molecule has 0 radical (unpaired) electrons. The fourth-order valence-corrected chi connectivity index (χ4v) is 4.92. The molecule has 2 aromatic carbocycles. The molecule has 140 valence electrons. The number of hydrogen-bond acceptors (Lipinski definition) is 5. The Morgan fingerprint density at radius 3 is 2.64 bits per heavy atom. The third kappa shape index (κ3) is 4.04. The summed E-state index contributed by atoms with van der Waals surface area (Å²) in [6.07, 6.45) is 0. The summed E-state index contributed by atoms with van der Waals surface area (Å²) in [4.78, 5) is 17.4. The van der Waals surface area contributed by atoms with E-state index in [1.165, 1.54) is 22.7 Å². The van der Waals surface area contributed by atoms with Crippen molar-refractivity contribution in [3.05, 3.63) is 68.8 Å². The van der Waals surface area contributed by atoms with Gasteiger partial charge in [0.2, 0.25) is 0 Å². The summed E-state index contributed by atoms with van der Waals surface area (Å²) in [6.45, 7) is 0. The number of amides is 1. The molecule has 4 nitrogen and oxygen atoms in total. The number of benzene rings is 2. The highest BCUT2D eigenvalue weighted by Gasteiger charge is 2.15. The summed E-state index contributed by atoms with van der Waals surface area (Å²) in [5, 5.41) is 9.24. The summed E-state index contributed by atoms with van der Waals surface area (Å²) in [5.41, 5.74) is 2.18. The van der Waals surface area contributed by atoms with Crippen LogP contribution in [0.3, 0.4) is 0 Å². The van der Waals surface area contributed by atoms with Crippen molar-refractivity contribution < 1.29 is 4.79 Å². The Bertz CT molecular complexity index is 1160. The van der Waals surface area contributed by atoms with Gasteiger partial charge in [0.25, 0.3) is 5.91 Å². The zero-order chi connectivity index (χ0) is 19.7. The number of para-hydroxylation sites is 1. The molecule has 0 fully saturated rings. The second-order valence-corrected chi connectivity index (χ2v) is 8.89. The Morgan fingerprint density at radius 2 is 1.89 bits per heavy atom. The highest BCUT2D eigenvalue weighted by Crippen LogP contribution is 2.38. The van der Waals surface area contributed by atoms with Crippen molar-refractivity contribution in [3.8, 4) is 10.6 Å². The van der Waals surface area contributed by atoms with E-state index in [4.69, 9.17) is 35.4 Å². The molecule has 4 rings (SSSR count). The SMILES string of the molecule is O=C(NC(=S)Nc1cc(-c2nc3ccccc3s2)c(Cl)cc1Cl)c1cccs1. The predicted octanol–water partition coefficient (Wildman–Crippen LogP) is 6.46. The summed E-state index contributed by atoms with van der Waals surface area (Å²) in [5.74, 6) is -0.274. The highest BCUT2D eigenvalue weighted by atomic mass is 35.5. The third-order valence-electron chi connectivity index (χ3n) is 3.80. The summed E-state index contributed by atoms with van der Waals surface area (Å²) >= 11 is 20.8. The first kappa shape index (κ1) is 19.3. The van der Waals surface area contributed by atoms with Crippen molar-refractivity contribution >= 4 is 85.0 Å². The van der Waals surface area contributed by atoms with E-state index in [-0.39, 0.29) is 11.0 Å². The van der Waals surface area contributed by atoms with Crippen molar-refractivity contribution in [1.29, 1.82) is 0 Å². The topological polar surface area (TPSA) is 54.0 Å². The highest BCUT2D eigenvalue weighted by molar-refractivity contribution is 7.80. The minimum atomic E-state index is -0.274. The molecule has 4 aromatic rings. The molecule has 2 aromatic heterocycles. The second-order valence-electron chi connectivity index (χ2n) is 5.68. The lowest BCUT2D eigenvalue weighted by molar-refractivity contribution is 0.0981. The lowest BCUT2D eigenvalue weighted by Gasteiger charge is -2.12. The maximum Gasteiger partial charge on any atom is 0.267 e. The van der Waals surface area contributed by atoms with E-state index in [0.29, 0.717) is 20.6 Å². The van der Waals surface area contributed by atoms with Crippen LogP contribution in [0.2, 0.25) is 10.0 Å². The normalized spacial score (nSPS) is 10.8. The molecule has 1 amide bonds. The standard InChI is InChI=1S/C19H11Cl2N3OS3/c20-11-9-12(21)14(23-19(26)24-17(25)16-6-3-7-27-16)8-10(11)18-22-13-4-1-2-5-15(13)28-18/h1-9H,(H2,23,24,25,26). The van der Waals surface area contributed by atoms with E-state index in [0.717, 1.165) is 20.8 Å². The largest absolute Gasteiger partial charge is 0.331 e. The Balaban J connectivity index is 1.60. The Morgan fingerprint density at radius 1 is 1.07 bits per heavy atom. The number of carbonyl (C=O) groups is 1. The molecule has 2 N–H and O–H groups in total. The fraction of sp³-hybridized carbons (Fsp3) is 0. The number of thiocarbonyl (C=S) groups is 1. The van der Waals surface area contributed by atoms with Crippen molar-refractivity contribution in [3.63, 3.8) is 0 Å². The number of aromatic nitrogens is 1. The van der Waals surface area contributed by atoms with Crippen LogP contribution in [0.1, 0.15) is 9.67 Å². The monoisotopic (exact) mass is 463 g/mol. The van der Waals surface area contributed by atoms with Crippen LogP contribution in [0, 0.1) is 0 Å². The number of nitrogens with one attached hydrogen (secondary N) is 2. The van der Waals surface area contributed by atoms with Crippen LogP contribution in [0.5, 0.6) is 0 Å². The van der Waals surface area contributed by atoms with Gasteiger partial charge in [0.05, 0.1) is 30.8 Å². The number of thiophene rings is 1. The van der Waals surface area contributed by atoms with Gasteiger partial charge in [0, 0.05) is 5.56 Å². The molecule has 0 bridgehead atoms. The van der Waals surface area contributed by atoms with Crippen LogP contribution in [-0.4, -0.2) is 16.0 Å². The average molecular weight is 464 g/mol. The molecule has 28 heavy (non-hydrogen) atoms. The first-order valence-corrected chi connectivity index (χ1v) is 10.9. The first-order valence-electron chi connectivity index (χ1n) is 8.02. The van der Waals surface area contributed by atoms with Crippen molar-refractivity contribution in [1.82, 2.24) is 10.3 Å². The lowest BCUT2D eigenvalue weighted by Crippen LogP contribution is -2.33. The Kier molecular flexibility index (Phi) is 5.61. The molecule has 0 aliphatic rings. The number of hydrogen-bond donors (Lipinski definition) is 2. The maximum atomic E-state index is 12.1. The van der Waals surface area contributed by atoms with Crippen LogP contribution in [0.25, 0.3) is 20.8 Å². The number of halogens is 2. The quantitative estimate of drug-likeness (QED) is 0.342. The molecule has 9 heteroatoms. The van der Waals surface area contributed by atoms with Crippen LogP contribution in [0.15, 0.2) is 53.9 Å². The van der Waals surface area contributed by atoms with Gasteiger partial charge in [-0.2, -0.15) is 0 Å². The van der Waals surface area contributed by atoms with Crippen LogP contribution in [0.4, 0.5) is 5.69 Å². The zero-order valence-corrected chi connectivity index (χ0v) is 18.0. The van der Waals surface area contributed by atoms with Gasteiger partial charge in [-0.05, 0) is 47.9 Å². The minimum absolute atomic E-state index is 0.151. The molecule has 0 saturated carbocycles. The minimum Gasteiger partial charge on any atom is -0.331 e. The molecular weight excluding hydrogens is 453 g/mol. The van der Waals surface area contributed by atoms with E-state index < -0.39 is 0 Å². The van der Waals surface area contributed by atoms with E-state index in [9.17, 15) is 4.79 Å². The Hall–Kier alpha value is -2.03. The predicted molar refractivity (Wildman–Crippen MR) is 123 cm³/mol. The number of nitrogens with zero attached hydrogens (tertiary/aromatic N) is 1. The molecule has 0 aliphatic carbocycles. The van der Waals surface area contributed by atoms with Gasteiger partial charge in [0.1, 0.15) is 5.01 Å². The van der Waals surface area contributed by atoms with Crippen LogP contribution >= 0.6 is 58.1 Å². The van der Waals surface area contributed by atoms with Crippen LogP contribution < -0.4 is 10.6 Å². The van der Waals surface area contributed by atoms with Gasteiger partial charge < -0.3 is 5.32 Å². The van der Waals surface area contributed by atoms with E-state index in [1.807, 2.05) is 29.6 Å². The molecular formula is C19H11Cl2N3OS3. The number of anilines is 1. The average Bonchev–Trinajstić information content (AvgIpc) is 3.33. The summed E-state index contributed by atoms with van der Waals surface area (Å²) in [7, 11) is 0. The van der Waals surface area contributed by atoms with Gasteiger partial charge in [-0.1, -0.05) is 41.4 Å². The number of fused-ring (bicyclic) bond motifs is 1. The number of carbonyl (C=O) groups excluding carboxylic acids is 1. The smallest absolute Gasteiger partial charge is 0.267 e. The van der Waals surface area contributed by atoms with Gasteiger partial charge in [0.15, 0.2) is 5.11 Å². The number of thiazole rings is 1. The van der Waals surface area contributed by atoms with Crippen LogP contribution in [-0.2, 0) is 0 Å². The van der Waals surface area contributed by atoms with E-state index in [2.05, 4.69) is 15.6 Å². The third-order valence-corrected chi connectivity index (χ3v) is 6.57. The summed E-state index contributed by atoms with van der Waals surface area (Å²) < 4.78 is 1.07. The fourth-order valence-electron chi connectivity index (χ4n) is 2.52. The Labute approximate surface area is 184 Å². The molecule has 0 aliphatic heterocycles. The van der Waals surface area contributed by atoms with E-state index >= 15 is 0 Å². The molecule has 0 unspecified atom stereocenters. The molecule has 2 heterocycles. The van der Waals surface area contributed by atoms with Crippen molar-refractivity contribution in [2.75, 3.05) is 5.32 Å². The first-order chi connectivity index (χ1) is 13.5. The van der Waals surface area contributed by atoms with Crippen molar-refractivity contribution in [2.24, 2.45) is 0 Å². The second kappa shape index (κ2) is 8.14. The van der Waals surface area contributed by atoms with Gasteiger partial charge in [-0.25, -0.2) is 4.98 Å². The van der Waals surface area contributed by atoms with Gasteiger partial charge in [-0.3, -0.25) is 10.1 Å². The molecule has 0 spiro atoms. The van der Waals surface area contributed by atoms with E-state index in [1.54, 1.807) is 24.3 Å². The molecule has 0 atom stereocenters.